The molecule has 3 rings (SSSR count). The van der Waals surface area contributed by atoms with Crippen LogP contribution in [0, 0.1) is 6.92 Å². The SMILES string of the molecule is COc1cc(O)c(Cl)c(-c2ccc3nc(C)ncc3c2)c1Cl. The summed E-state index contributed by atoms with van der Waals surface area (Å²) in [6.45, 7) is 1.83. The van der Waals surface area contributed by atoms with E-state index in [9.17, 15) is 5.11 Å². The van der Waals surface area contributed by atoms with Gasteiger partial charge in [-0.1, -0.05) is 29.3 Å². The molecule has 0 amide bonds. The average Bonchev–Trinajstić information content (AvgIpc) is 2.51. The minimum atomic E-state index is -0.0850. The van der Waals surface area contributed by atoms with Crippen LogP contribution in [0.3, 0.4) is 0 Å². The maximum atomic E-state index is 9.95. The molecule has 0 radical (unpaired) electrons. The molecule has 1 aromatic heterocycles. The number of aromatic hydroxyl groups is 1. The standard InChI is InChI=1S/C16H12Cl2N2O2/c1-8-19-7-10-5-9(3-4-11(10)20-8)14-15(17)12(21)6-13(22-2)16(14)18/h3-7,21H,1-2H3. The normalized spacial score (nSPS) is 10.9. The van der Waals surface area contributed by atoms with Crippen LogP contribution in [0.4, 0.5) is 0 Å². The summed E-state index contributed by atoms with van der Waals surface area (Å²) in [5.74, 6) is 0.979. The van der Waals surface area contributed by atoms with E-state index in [2.05, 4.69) is 9.97 Å². The molecule has 112 valence electrons. The summed E-state index contributed by atoms with van der Waals surface area (Å²) in [4.78, 5) is 8.54. The number of fused-ring (bicyclic) bond motifs is 1. The Morgan fingerprint density at radius 3 is 2.64 bits per heavy atom. The molecule has 0 aliphatic heterocycles. The zero-order valence-electron chi connectivity index (χ0n) is 11.9. The van der Waals surface area contributed by atoms with Gasteiger partial charge in [0.15, 0.2) is 0 Å². The molecule has 0 saturated carbocycles. The Hall–Kier alpha value is -2.04. The lowest BCUT2D eigenvalue weighted by Crippen LogP contribution is -1.91. The molecule has 0 aliphatic carbocycles. The maximum Gasteiger partial charge on any atom is 0.141 e. The Balaban J connectivity index is 2.27. The number of halogens is 2. The van der Waals surface area contributed by atoms with Crippen LogP contribution >= 0.6 is 23.2 Å². The van der Waals surface area contributed by atoms with Crippen LogP contribution in [0.1, 0.15) is 5.82 Å². The van der Waals surface area contributed by atoms with Gasteiger partial charge in [0.2, 0.25) is 0 Å². The Labute approximate surface area is 137 Å². The fraction of sp³-hybridized carbons (Fsp3) is 0.125. The van der Waals surface area contributed by atoms with Crippen molar-refractivity contribution in [1.82, 2.24) is 9.97 Å². The molecule has 0 atom stereocenters. The van der Waals surface area contributed by atoms with Crippen LogP contribution in [0.2, 0.25) is 10.0 Å². The lowest BCUT2D eigenvalue weighted by molar-refractivity contribution is 0.408. The van der Waals surface area contributed by atoms with Gasteiger partial charge in [0, 0.05) is 23.2 Å². The summed E-state index contributed by atoms with van der Waals surface area (Å²) in [5, 5.41) is 11.3. The second-order valence-electron chi connectivity index (χ2n) is 4.79. The Bertz CT molecular complexity index is 882. The van der Waals surface area contributed by atoms with E-state index in [1.807, 2.05) is 25.1 Å². The average molecular weight is 335 g/mol. The summed E-state index contributed by atoms with van der Waals surface area (Å²) in [6, 6.07) is 6.98. The Kier molecular flexibility index (Phi) is 3.81. The molecular weight excluding hydrogens is 323 g/mol. The van der Waals surface area contributed by atoms with Crippen molar-refractivity contribution in [3.05, 3.63) is 46.3 Å². The van der Waals surface area contributed by atoms with Gasteiger partial charge in [0.25, 0.3) is 0 Å². The number of hydrogen-bond acceptors (Lipinski definition) is 4. The van der Waals surface area contributed by atoms with Gasteiger partial charge in [0.05, 0.1) is 22.7 Å². The van der Waals surface area contributed by atoms with Gasteiger partial charge in [-0.05, 0) is 24.6 Å². The van der Waals surface area contributed by atoms with Crippen LogP contribution in [-0.4, -0.2) is 22.2 Å². The molecule has 0 aliphatic rings. The zero-order chi connectivity index (χ0) is 15.9. The largest absolute Gasteiger partial charge is 0.506 e. The molecule has 22 heavy (non-hydrogen) atoms. The first-order chi connectivity index (χ1) is 10.5. The molecule has 0 spiro atoms. The smallest absolute Gasteiger partial charge is 0.141 e. The fourth-order valence-corrected chi connectivity index (χ4v) is 2.92. The molecule has 3 aromatic rings. The predicted octanol–water partition coefficient (Wildman–Crippen LogP) is 4.63. The number of nitrogens with zero attached hydrogens (tertiary/aromatic N) is 2. The summed E-state index contributed by atoms with van der Waals surface area (Å²) >= 11 is 12.6. The lowest BCUT2D eigenvalue weighted by atomic mass is 10.0. The van der Waals surface area contributed by atoms with E-state index < -0.39 is 0 Å². The molecule has 1 N–H and O–H groups in total. The van der Waals surface area contributed by atoms with Crippen molar-refractivity contribution in [2.75, 3.05) is 7.11 Å². The molecule has 2 aromatic carbocycles. The minimum absolute atomic E-state index is 0.0850. The Morgan fingerprint density at radius 1 is 1.14 bits per heavy atom. The second kappa shape index (κ2) is 5.63. The van der Waals surface area contributed by atoms with E-state index in [-0.39, 0.29) is 10.8 Å². The van der Waals surface area contributed by atoms with E-state index in [1.54, 1.807) is 6.20 Å². The van der Waals surface area contributed by atoms with Crippen LogP contribution in [0.15, 0.2) is 30.5 Å². The lowest BCUT2D eigenvalue weighted by Gasteiger charge is -2.13. The molecular formula is C16H12Cl2N2O2. The Morgan fingerprint density at radius 2 is 1.91 bits per heavy atom. The highest BCUT2D eigenvalue weighted by molar-refractivity contribution is 6.41. The highest BCUT2D eigenvalue weighted by Crippen LogP contribution is 2.45. The van der Waals surface area contributed by atoms with Crippen LogP contribution < -0.4 is 4.74 Å². The molecule has 0 bridgehead atoms. The van der Waals surface area contributed by atoms with Gasteiger partial charge in [0.1, 0.15) is 17.3 Å². The van der Waals surface area contributed by atoms with Gasteiger partial charge < -0.3 is 9.84 Å². The van der Waals surface area contributed by atoms with Gasteiger partial charge in [-0.2, -0.15) is 0 Å². The second-order valence-corrected chi connectivity index (χ2v) is 5.55. The first kappa shape index (κ1) is 14.9. The number of ether oxygens (including phenoxy) is 1. The van der Waals surface area contributed by atoms with Crippen molar-refractivity contribution in [2.45, 2.75) is 6.92 Å². The topological polar surface area (TPSA) is 55.2 Å². The van der Waals surface area contributed by atoms with E-state index in [0.29, 0.717) is 22.2 Å². The molecule has 0 fully saturated rings. The van der Waals surface area contributed by atoms with E-state index in [1.165, 1.54) is 13.2 Å². The van der Waals surface area contributed by atoms with E-state index in [0.717, 1.165) is 16.5 Å². The van der Waals surface area contributed by atoms with Crippen LogP contribution in [0.25, 0.3) is 22.0 Å². The summed E-state index contributed by atoms with van der Waals surface area (Å²) in [6.07, 6.45) is 1.74. The molecule has 4 nitrogen and oxygen atoms in total. The van der Waals surface area contributed by atoms with Crippen molar-refractivity contribution in [2.24, 2.45) is 0 Å². The number of phenols is 1. The fourth-order valence-electron chi connectivity index (χ4n) is 2.28. The predicted molar refractivity (Wildman–Crippen MR) is 87.9 cm³/mol. The minimum Gasteiger partial charge on any atom is -0.506 e. The van der Waals surface area contributed by atoms with Gasteiger partial charge in [-0.25, -0.2) is 9.97 Å². The molecule has 1 heterocycles. The third-order valence-corrected chi connectivity index (χ3v) is 4.11. The van der Waals surface area contributed by atoms with Crippen molar-refractivity contribution < 1.29 is 9.84 Å². The van der Waals surface area contributed by atoms with Gasteiger partial charge in [-0.15, -0.1) is 0 Å². The number of phenolic OH excluding ortho intramolecular Hbond substituents is 1. The number of methoxy groups -OCH3 is 1. The summed E-state index contributed by atoms with van der Waals surface area (Å²) < 4.78 is 5.17. The third kappa shape index (κ3) is 2.45. The highest BCUT2D eigenvalue weighted by Gasteiger charge is 2.18. The van der Waals surface area contributed by atoms with Crippen molar-refractivity contribution in [3.63, 3.8) is 0 Å². The van der Waals surface area contributed by atoms with E-state index in [4.69, 9.17) is 27.9 Å². The monoisotopic (exact) mass is 334 g/mol. The van der Waals surface area contributed by atoms with Gasteiger partial charge >= 0.3 is 0 Å². The number of aromatic nitrogens is 2. The number of aryl methyl sites for hydroxylation is 1. The first-order valence-corrected chi connectivity index (χ1v) is 7.25. The maximum absolute atomic E-state index is 9.95. The van der Waals surface area contributed by atoms with Crippen molar-refractivity contribution in [3.8, 4) is 22.6 Å². The number of benzene rings is 2. The van der Waals surface area contributed by atoms with Gasteiger partial charge in [-0.3, -0.25) is 0 Å². The molecule has 6 heteroatoms. The first-order valence-electron chi connectivity index (χ1n) is 6.50. The zero-order valence-corrected chi connectivity index (χ0v) is 13.4. The highest BCUT2D eigenvalue weighted by atomic mass is 35.5. The van der Waals surface area contributed by atoms with Crippen molar-refractivity contribution >= 4 is 34.1 Å². The third-order valence-electron chi connectivity index (χ3n) is 3.36. The van der Waals surface area contributed by atoms with Crippen LogP contribution in [-0.2, 0) is 0 Å². The molecule has 0 unspecified atom stereocenters. The molecule has 0 saturated heterocycles. The van der Waals surface area contributed by atoms with Crippen molar-refractivity contribution in [1.29, 1.82) is 0 Å². The van der Waals surface area contributed by atoms with Crippen LogP contribution in [0.5, 0.6) is 11.5 Å². The summed E-state index contributed by atoms with van der Waals surface area (Å²) in [7, 11) is 1.48. The quantitative estimate of drug-likeness (QED) is 0.742. The number of rotatable bonds is 2. The van der Waals surface area contributed by atoms with E-state index >= 15 is 0 Å². The number of hydrogen-bond donors (Lipinski definition) is 1. The summed E-state index contributed by atoms with van der Waals surface area (Å²) in [5.41, 5.74) is 2.10.